The lowest BCUT2D eigenvalue weighted by Gasteiger charge is -2.31. The molecule has 0 aromatic heterocycles. The third-order valence-corrected chi connectivity index (χ3v) is 2.88. The van der Waals surface area contributed by atoms with Gasteiger partial charge in [0.2, 0.25) is 0 Å². The summed E-state index contributed by atoms with van der Waals surface area (Å²) in [6, 6.07) is 0.743. The van der Waals surface area contributed by atoms with Crippen molar-refractivity contribution in [2.75, 3.05) is 39.9 Å². The van der Waals surface area contributed by atoms with E-state index in [2.05, 4.69) is 24.2 Å². The summed E-state index contributed by atoms with van der Waals surface area (Å²) in [4.78, 5) is 2.46. The van der Waals surface area contributed by atoms with Crippen LogP contribution in [0.4, 0.5) is 0 Å². The molecular formula is C11H24N2O. The summed E-state index contributed by atoms with van der Waals surface area (Å²) in [5, 5.41) is 3.43. The van der Waals surface area contributed by atoms with Crippen LogP contribution in [-0.4, -0.2) is 50.8 Å². The minimum Gasteiger partial charge on any atom is -0.381 e. The summed E-state index contributed by atoms with van der Waals surface area (Å²) < 4.78 is 5.35. The van der Waals surface area contributed by atoms with E-state index in [0.29, 0.717) is 0 Å². The summed E-state index contributed by atoms with van der Waals surface area (Å²) >= 11 is 0. The van der Waals surface area contributed by atoms with Gasteiger partial charge in [-0.3, -0.25) is 0 Å². The largest absolute Gasteiger partial charge is 0.381 e. The molecule has 1 fully saturated rings. The van der Waals surface area contributed by atoms with Crippen LogP contribution >= 0.6 is 0 Å². The quantitative estimate of drug-likeness (QED) is 0.650. The number of hydrogen-bond acceptors (Lipinski definition) is 3. The zero-order chi connectivity index (χ0) is 10.2. The van der Waals surface area contributed by atoms with Gasteiger partial charge in [0.05, 0.1) is 0 Å². The SMILES string of the molecule is CCCNCCN(C)C1CCOCC1. The second kappa shape index (κ2) is 7.21. The maximum Gasteiger partial charge on any atom is 0.0480 e. The first-order valence-corrected chi connectivity index (χ1v) is 5.83. The molecule has 0 aromatic carbocycles. The molecule has 1 N–H and O–H groups in total. The van der Waals surface area contributed by atoms with Crippen LogP contribution in [0.25, 0.3) is 0 Å². The molecule has 0 aromatic rings. The van der Waals surface area contributed by atoms with Crippen LogP contribution in [0.15, 0.2) is 0 Å². The molecule has 0 saturated carbocycles. The Bertz CT molecular complexity index is 135. The molecular weight excluding hydrogens is 176 g/mol. The van der Waals surface area contributed by atoms with Crippen molar-refractivity contribution in [2.45, 2.75) is 32.2 Å². The highest BCUT2D eigenvalue weighted by molar-refractivity contribution is 4.72. The van der Waals surface area contributed by atoms with Gasteiger partial charge in [0, 0.05) is 32.3 Å². The van der Waals surface area contributed by atoms with E-state index in [4.69, 9.17) is 4.74 Å². The van der Waals surface area contributed by atoms with Crippen LogP contribution in [0.2, 0.25) is 0 Å². The fourth-order valence-corrected chi connectivity index (χ4v) is 1.87. The molecule has 0 bridgehead atoms. The lowest BCUT2D eigenvalue weighted by Crippen LogP contribution is -2.40. The highest BCUT2D eigenvalue weighted by atomic mass is 16.5. The fourth-order valence-electron chi connectivity index (χ4n) is 1.87. The summed E-state index contributed by atoms with van der Waals surface area (Å²) in [6.07, 6.45) is 3.62. The second-order valence-electron chi connectivity index (χ2n) is 4.07. The van der Waals surface area contributed by atoms with Gasteiger partial charge in [-0.2, -0.15) is 0 Å². The predicted octanol–water partition coefficient (Wildman–Crippen LogP) is 1.10. The smallest absolute Gasteiger partial charge is 0.0480 e. The number of nitrogens with one attached hydrogen (secondary N) is 1. The molecule has 0 atom stereocenters. The van der Waals surface area contributed by atoms with E-state index in [-0.39, 0.29) is 0 Å². The van der Waals surface area contributed by atoms with Crippen molar-refractivity contribution in [3.05, 3.63) is 0 Å². The summed E-state index contributed by atoms with van der Waals surface area (Å²) in [5.41, 5.74) is 0. The number of likely N-dealkylation sites (N-methyl/N-ethyl adjacent to an activating group) is 1. The summed E-state index contributed by atoms with van der Waals surface area (Å²) in [7, 11) is 2.23. The first-order chi connectivity index (χ1) is 6.84. The van der Waals surface area contributed by atoms with Crippen molar-refractivity contribution in [2.24, 2.45) is 0 Å². The van der Waals surface area contributed by atoms with Crippen molar-refractivity contribution in [3.63, 3.8) is 0 Å². The van der Waals surface area contributed by atoms with Gasteiger partial charge in [0.25, 0.3) is 0 Å². The molecule has 84 valence electrons. The van der Waals surface area contributed by atoms with E-state index in [1.807, 2.05) is 0 Å². The van der Waals surface area contributed by atoms with E-state index in [1.54, 1.807) is 0 Å². The maximum absolute atomic E-state index is 5.35. The lowest BCUT2D eigenvalue weighted by atomic mass is 10.1. The van der Waals surface area contributed by atoms with Crippen LogP contribution in [-0.2, 0) is 4.74 Å². The van der Waals surface area contributed by atoms with Gasteiger partial charge < -0.3 is 15.0 Å². The number of hydrogen-bond donors (Lipinski definition) is 1. The molecule has 0 spiro atoms. The zero-order valence-corrected chi connectivity index (χ0v) is 9.59. The first-order valence-electron chi connectivity index (χ1n) is 5.83. The molecule has 1 heterocycles. The summed E-state index contributed by atoms with van der Waals surface area (Å²) in [6.45, 7) is 7.50. The maximum atomic E-state index is 5.35. The Hall–Kier alpha value is -0.120. The minimum atomic E-state index is 0.743. The topological polar surface area (TPSA) is 24.5 Å². The molecule has 3 heteroatoms. The molecule has 1 aliphatic heterocycles. The molecule has 0 radical (unpaired) electrons. The van der Waals surface area contributed by atoms with E-state index < -0.39 is 0 Å². The Labute approximate surface area is 87.8 Å². The Balaban J connectivity index is 2.04. The Morgan fingerprint density at radius 1 is 1.29 bits per heavy atom. The van der Waals surface area contributed by atoms with Crippen molar-refractivity contribution in [1.29, 1.82) is 0 Å². The second-order valence-corrected chi connectivity index (χ2v) is 4.07. The van der Waals surface area contributed by atoms with E-state index in [9.17, 15) is 0 Å². The van der Waals surface area contributed by atoms with Crippen LogP contribution in [0, 0.1) is 0 Å². The van der Waals surface area contributed by atoms with Gasteiger partial charge in [-0.25, -0.2) is 0 Å². The third-order valence-electron chi connectivity index (χ3n) is 2.88. The molecule has 1 rings (SSSR count). The zero-order valence-electron chi connectivity index (χ0n) is 9.59. The highest BCUT2D eigenvalue weighted by Crippen LogP contribution is 2.11. The van der Waals surface area contributed by atoms with E-state index in [0.717, 1.165) is 38.9 Å². The molecule has 14 heavy (non-hydrogen) atoms. The van der Waals surface area contributed by atoms with Crippen LogP contribution in [0.5, 0.6) is 0 Å². The normalized spacial score (nSPS) is 19.1. The van der Waals surface area contributed by atoms with Gasteiger partial charge in [-0.05, 0) is 32.9 Å². The van der Waals surface area contributed by atoms with Crippen LogP contribution in [0.1, 0.15) is 26.2 Å². The van der Waals surface area contributed by atoms with Crippen molar-refractivity contribution in [3.8, 4) is 0 Å². The number of ether oxygens (including phenoxy) is 1. The van der Waals surface area contributed by atoms with Gasteiger partial charge in [0.15, 0.2) is 0 Å². The lowest BCUT2D eigenvalue weighted by molar-refractivity contribution is 0.0434. The predicted molar refractivity (Wildman–Crippen MR) is 59.6 cm³/mol. The first kappa shape index (κ1) is 12.0. The molecule has 0 aliphatic carbocycles. The standard InChI is InChI=1S/C11H24N2O/c1-3-6-12-7-8-13(2)11-4-9-14-10-5-11/h11-12H,3-10H2,1-2H3. The number of nitrogens with zero attached hydrogens (tertiary/aromatic N) is 1. The number of rotatable bonds is 6. The average Bonchev–Trinajstić information content (AvgIpc) is 2.25. The van der Waals surface area contributed by atoms with Crippen LogP contribution < -0.4 is 5.32 Å². The minimum absolute atomic E-state index is 0.743. The van der Waals surface area contributed by atoms with Gasteiger partial charge in [0.1, 0.15) is 0 Å². The van der Waals surface area contributed by atoms with Crippen LogP contribution in [0.3, 0.4) is 0 Å². The Morgan fingerprint density at radius 2 is 2.00 bits per heavy atom. The van der Waals surface area contributed by atoms with Gasteiger partial charge >= 0.3 is 0 Å². The van der Waals surface area contributed by atoms with Crippen molar-refractivity contribution in [1.82, 2.24) is 10.2 Å². The van der Waals surface area contributed by atoms with Crippen molar-refractivity contribution >= 4 is 0 Å². The van der Waals surface area contributed by atoms with Gasteiger partial charge in [-0.1, -0.05) is 6.92 Å². The third kappa shape index (κ3) is 4.40. The average molecular weight is 200 g/mol. The fraction of sp³-hybridized carbons (Fsp3) is 1.00. The van der Waals surface area contributed by atoms with Gasteiger partial charge in [-0.15, -0.1) is 0 Å². The van der Waals surface area contributed by atoms with Crippen molar-refractivity contribution < 1.29 is 4.74 Å². The van der Waals surface area contributed by atoms with E-state index >= 15 is 0 Å². The monoisotopic (exact) mass is 200 g/mol. The molecule has 1 aliphatic rings. The highest BCUT2D eigenvalue weighted by Gasteiger charge is 2.17. The molecule has 3 nitrogen and oxygen atoms in total. The van der Waals surface area contributed by atoms with E-state index in [1.165, 1.54) is 19.3 Å². The Morgan fingerprint density at radius 3 is 2.64 bits per heavy atom. The molecule has 1 saturated heterocycles. The summed E-state index contributed by atoms with van der Waals surface area (Å²) in [5.74, 6) is 0. The molecule has 0 unspecified atom stereocenters. The molecule has 0 amide bonds. The Kier molecular flexibility index (Phi) is 6.15.